The van der Waals surface area contributed by atoms with Crippen molar-refractivity contribution < 1.29 is 17.7 Å². The zero-order valence-electron chi connectivity index (χ0n) is 8.74. The maximum absolute atomic E-state index is 12.4. The van der Waals surface area contributed by atoms with Gasteiger partial charge in [0.2, 0.25) is 0 Å². The van der Waals surface area contributed by atoms with Crippen molar-refractivity contribution in [1.29, 1.82) is 0 Å². The van der Waals surface area contributed by atoms with Crippen LogP contribution in [-0.4, -0.2) is 10.1 Å². The van der Waals surface area contributed by atoms with E-state index in [0.717, 1.165) is 12.3 Å². The number of alkyl halides is 3. The van der Waals surface area contributed by atoms with E-state index in [1.807, 2.05) is 0 Å². The van der Waals surface area contributed by atoms with Crippen LogP contribution < -0.4 is 0 Å². The quantitative estimate of drug-likeness (QED) is 0.801. The molecule has 0 aliphatic rings. The maximum atomic E-state index is 12.4. The van der Waals surface area contributed by atoms with Gasteiger partial charge in [-0.2, -0.15) is 13.2 Å². The largest absolute Gasteiger partial charge is 0.417 e. The molecule has 0 radical (unpaired) electrons. The summed E-state index contributed by atoms with van der Waals surface area (Å²) in [5.74, 6) is 0.996. The Hall–Kier alpha value is -1.21. The fraction of sp³-hybridized carbons (Fsp3) is 0.200. The van der Waals surface area contributed by atoms with Crippen LogP contribution in [0, 0.1) is 0 Å². The molecule has 0 amide bonds. The maximum Gasteiger partial charge on any atom is 0.417 e. The second-order valence-corrected chi connectivity index (χ2v) is 4.65. The van der Waals surface area contributed by atoms with E-state index in [1.54, 1.807) is 6.07 Å². The Morgan fingerprint density at radius 2 is 2.17 bits per heavy atom. The molecule has 3 nitrogen and oxygen atoms in total. The highest BCUT2D eigenvalue weighted by atomic mass is 35.5. The first-order chi connectivity index (χ1) is 8.47. The van der Waals surface area contributed by atoms with Gasteiger partial charge in [-0.1, -0.05) is 28.5 Å². The lowest BCUT2D eigenvalue weighted by molar-refractivity contribution is -0.137. The lowest BCUT2D eigenvalue weighted by Gasteiger charge is -2.08. The smallest absolute Gasteiger partial charge is 0.361 e. The third-order valence-electron chi connectivity index (χ3n) is 1.98. The number of aromatic nitrogens is 2. The zero-order chi connectivity index (χ0) is 13.2. The molecule has 0 spiro atoms. The molecule has 2 aromatic rings. The van der Waals surface area contributed by atoms with Crippen LogP contribution in [0.5, 0.6) is 0 Å². The molecular weight excluding hydrogens is 289 g/mol. The Labute approximate surface area is 109 Å². The number of hydrogen-bond donors (Lipinski definition) is 0. The van der Waals surface area contributed by atoms with Crippen LogP contribution in [0.3, 0.4) is 0 Å². The highest BCUT2D eigenvalue weighted by Crippen LogP contribution is 2.34. The van der Waals surface area contributed by atoms with E-state index in [4.69, 9.17) is 16.1 Å². The molecule has 0 aliphatic carbocycles. The summed E-state index contributed by atoms with van der Waals surface area (Å²) in [6, 6.07) is 2.52. The minimum atomic E-state index is -4.44. The predicted octanol–water partition coefficient (Wildman–Crippen LogP) is 4.03. The SMILES string of the molecule is FC(F)(F)c1cnc(SCc2ccno2)c(Cl)c1. The van der Waals surface area contributed by atoms with Gasteiger partial charge in [0, 0.05) is 12.3 Å². The Bertz CT molecular complexity index is 530. The molecule has 8 heteroatoms. The zero-order valence-corrected chi connectivity index (χ0v) is 10.3. The molecule has 18 heavy (non-hydrogen) atoms. The molecule has 2 aromatic heterocycles. The second kappa shape index (κ2) is 5.19. The van der Waals surface area contributed by atoms with Crippen molar-refractivity contribution in [3.63, 3.8) is 0 Å². The van der Waals surface area contributed by atoms with E-state index in [0.29, 0.717) is 16.5 Å². The average Bonchev–Trinajstić information content (AvgIpc) is 2.79. The van der Waals surface area contributed by atoms with E-state index in [9.17, 15) is 13.2 Å². The second-order valence-electron chi connectivity index (χ2n) is 3.28. The molecular formula is C10H6ClF3N2OS. The number of thioether (sulfide) groups is 1. The minimum Gasteiger partial charge on any atom is -0.361 e. The van der Waals surface area contributed by atoms with Crippen molar-refractivity contribution >= 4 is 23.4 Å². The van der Waals surface area contributed by atoms with Gasteiger partial charge in [-0.15, -0.1) is 0 Å². The van der Waals surface area contributed by atoms with Crippen LogP contribution in [0.15, 0.2) is 34.1 Å². The molecule has 0 unspecified atom stereocenters. The Balaban J connectivity index is 2.10. The molecule has 0 fully saturated rings. The predicted molar refractivity (Wildman–Crippen MR) is 60.3 cm³/mol. The average molecular weight is 295 g/mol. The Morgan fingerprint density at radius 1 is 1.39 bits per heavy atom. The molecule has 0 atom stereocenters. The van der Waals surface area contributed by atoms with Crippen molar-refractivity contribution in [2.24, 2.45) is 0 Å². The van der Waals surface area contributed by atoms with Crippen LogP contribution in [0.2, 0.25) is 5.02 Å². The highest BCUT2D eigenvalue weighted by Gasteiger charge is 2.31. The van der Waals surface area contributed by atoms with Crippen molar-refractivity contribution in [2.75, 3.05) is 0 Å². The van der Waals surface area contributed by atoms with Gasteiger partial charge in [0.25, 0.3) is 0 Å². The molecule has 2 heterocycles. The molecule has 0 saturated carbocycles. The molecule has 96 valence electrons. The number of halogens is 4. The summed E-state index contributed by atoms with van der Waals surface area (Å²) in [6.45, 7) is 0. The first-order valence-electron chi connectivity index (χ1n) is 4.72. The van der Waals surface area contributed by atoms with Gasteiger partial charge in [-0.25, -0.2) is 4.98 Å². The van der Waals surface area contributed by atoms with Gasteiger partial charge in [0.1, 0.15) is 10.8 Å². The highest BCUT2D eigenvalue weighted by molar-refractivity contribution is 7.98. The molecule has 0 bridgehead atoms. The summed E-state index contributed by atoms with van der Waals surface area (Å²) in [5, 5.41) is 3.80. The molecule has 0 aliphatic heterocycles. The summed E-state index contributed by atoms with van der Waals surface area (Å²) in [6.07, 6.45) is -2.20. The first-order valence-corrected chi connectivity index (χ1v) is 6.08. The number of hydrogen-bond acceptors (Lipinski definition) is 4. The van der Waals surface area contributed by atoms with Gasteiger partial charge < -0.3 is 4.52 Å². The van der Waals surface area contributed by atoms with Crippen LogP contribution in [0.4, 0.5) is 13.2 Å². The van der Waals surface area contributed by atoms with Gasteiger partial charge >= 0.3 is 6.18 Å². The summed E-state index contributed by atoms with van der Waals surface area (Å²) in [5.41, 5.74) is -0.864. The van der Waals surface area contributed by atoms with Gasteiger partial charge in [0.15, 0.2) is 0 Å². The van der Waals surface area contributed by atoms with E-state index >= 15 is 0 Å². The van der Waals surface area contributed by atoms with Gasteiger partial charge in [-0.05, 0) is 6.07 Å². The Morgan fingerprint density at radius 3 is 2.72 bits per heavy atom. The normalized spacial score (nSPS) is 11.8. The van der Waals surface area contributed by atoms with E-state index < -0.39 is 11.7 Å². The number of rotatable bonds is 3. The summed E-state index contributed by atoms with van der Waals surface area (Å²) >= 11 is 6.93. The van der Waals surface area contributed by atoms with Gasteiger partial charge in [-0.3, -0.25) is 0 Å². The van der Waals surface area contributed by atoms with Crippen molar-refractivity contribution in [2.45, 2.75) is 17.0 Å². The van der Waals surface area contributed by atoms with Gasteiger partial charge in [0.05, 0.1) is 22.5 Å². The van der Waals surface area contributed by atoms with E-state index in [1.165, 1.54) is 18.0 Å². The topological polar surface area (TPSA) is 38.9 Å². The number of nitrogens with zero attached hydrogens (tertiary/aromatic N) is 2. The Kier molecular flexibility index (Phi) is 3.82. The molecule has 0 saturated heterocycles. The molecule has 2 rings (SSSR count). The first kappa shape index (κ1) is 13.2. The lowest BCUT2D eigenvalue weighted by atomic mass is 10.3. The summed E-state index contributed by atoms with van der Waals surface area (Å²) in [7, 11) is 0. The number of pyridine rings is 1. The third kappa shape index (κ3) is 3.17. The van der Waals surface area contributed by atoms with Crippen molar-refractivity contribution in [3.8, 4) is 0 Å². The van der Waals surface area contributed by atoms with Crippen LogP contribution in [0.1, 0.15) is 11.3 Å². The van der Waals surface area contributed by atoms with Crippen molar-refractivity contribution in [1.82, 2.24) is 10.1 Å². The van der Waals surface area contributed by atoms with Crippen LogP contribution in [0.25, 0.3) is 0 Å². The summed E-state index contributed by atoms with van der Waals surface area (Å²) in [4.78, 5) is 3.69. The molecule has 0 N–H and O–H groups in total. The monoisotopic (exact) mass is 294 g/mol. The van der Waals surface area contributed by atoms with Crippen molar-refractivity contribution in [3.05, 3.63) is 40.9 Å². The van der Waals surface area contributed by atoms with E-state index in [2.05, 4.69) is 10.1 Å². The fourth-order valence-corrected chi connectivity index (χ4v) is 2.22. The van der Waals surface area contributed by atoms with Crippen LogP contribution >= 0.6 is 23.4 Å². The molecule has 0 aromatic carbocycles. The summed E-state index contributed by atoms with van der Waals surface area (Å²) < 4.78 is 42.0. The third-order valence-corrected chi connectivity index (χ3v) is 3.40. The standard InChI is InChI=1S/C10H6ClF3N2OS/c11-8-3-6(10(12,13)14)4-15-9(8)18-5-7-1-2-16-17-7/h1-4H,5H2. The van der Waals surface area contributed by atoms with E-state index in [-0.39, 0.29) is 5.02 Å². The minimum absolute atomic E-state index is 0.0330. The lowest BCUT2D eigenvalue weighted by Crippen LogP contribution is -2.05. The fourth-order valence-electron chi connectivity index (χ4n) is 1.14. The van der Waals surface area contributed by atoms with Crippen LogP contribution in [-0.2, 0) is 11.9 Å².